The fourth-order valence-electron chi connectivity index (χ4n) is 2.21. The molecule has 94 valence electrons. The molecule has 1 aliphatic rings. The van der Waals surface area contributed by atoms with Gasteiger partial charge in [-0.25, -0.2) is 0 Å². The molecule has 1 atom stereocenters. The summed E-state index contributed by atoms with van der Waals surface area (Å²) < 4.78 is 4.72. The van der Waals surface area contributed by atoms with Crippen molar-refractivity contribution in [3.63, 3.8) is 0 Å². The molecule has 1 unspecified atom stereocenters. The van der Waals surface area contributed by atoms with Gasteiger partial charge in [0.1, 0.15) is 0 Å². The number of benzene rings is 1. The Morgan fingerprint density at radius 3 is 3.22 bits per heavy atom. The van der Waals surface area contributed by atoms with E-state index in [0.29, 0.717) is 6.04 Å². The van der Waals surface area contributed by atoms with Crippen LogP contribution in [0.3, 0.4) is 0 Å². The summed E-state index contributed by atoms with van der Waals surface area (Å²) in [5.41, 5.74) is 2.88. The van der Waals surface area contributed by atoms with Crippen molar-refractivity contribution in [2.45, 2.75) is 18.2 Å². The van der Waals surface area contributed by atoms with Gasteiger partial charge in [0.15, 0.2) is 5.82 Å². The molecular formula is C13H15N3OS. The average molecular weight is 261 g/mol. The molecule has 18 heavy (non-hydrogen) atoms. The summed E-state index contributed by atoms with van der Waals surface area (Å²) >= 11 is 1.98. The molecule has 0 spiro atoms. The van der Waals surface area contributed by atoms with Gasteiger partial charge in [-0.1, -0.05) is 29.4 Å². The number of nitrogens with zero attached hydrogens (tertiary/aromatic N) is 2. The van der Waals surface area contributed by atoms with E-state index < -0.39 is 0 Å². The van der Waals surface area contributed by atoms with Gasteiger partial charge in [-0.05, 0) is 11.1 Å². The number of fused-ring (bicyclic) bond motifs is 1. The van der Waals surface area contributed by atoms with Gasteiger partial charge in [-0.15, -0.1) is 0 Å². The van der Waals surface area contributed by atoms with Crippen LogP contribution in [0, 0.1) is 0 Å². The minimum Gasteiger partial charge on any atom is -0.343 e. The van der Waals surface area contributed by atoms with Crippen molar-refractivity contribution in [1.29, 1.82) is 0 Å². The molecule has 1 N–H and O–H groups in total. The summed E-state index contributed by atoms with van der Waals surface area (Å²) in [7, 11) is 0. The van der Waals surface area contributed by atoms with Crippen molar-refractivity contribution in [3.05, 3.63) is 47.6 Å². The number of hydrogen-bond acceptors (Lipinski definition) is 5. The molecule has 1 aliphatic heterocycles. The zero-order chi connectivity index (χ0) is 12.2. The van der Waals surface area contributed by atoms with Crippen molar-refractivity contribution in [3.8, 4) is 0 Å². The van der Waals surface area contributed by atoms with Crippen molar-refractivity contribution >= 4 is 11.8 Å². The van der Waals surface area contributed by atoms with E-state index >= 15 is 0 Å². The van der Waals surface area contributed by atoms with Gasteiger partial charge in [-0.2, -0.15) is 16.7 Å². The molecule has 0 saturated heterocycles. The van der Waals surface area contributed by atoms with Gasteiger partial charge in [0, 0.05) is 30.5 Å². The average Bonchev–Trinajstić information content (AvgIpc) is 2.92. The molecule has 0 bridgehead atoms. The molecule has 0 fully saturated rings. The Bertz CT molecular complexity index is 501. The predicted molar refractivity (Wildman–Crippen MR) is 71.3 cm³/mol. The lowest BCUT2D eigenvalue weighted by atomic mass is 10.0. The standard InChI is InChI=1S/C13H15N3OS/c1-2-4-11-10(3-1)7-18-8-12(11)14-6-5-13-15-9-17-16-13/h1-4,9,12,14H,5-8H2. The fourth-order valence-corrected chi connectivity index (χ4v) is 3.35. The smallest absolute Gasteiger partial charge is 0.213 e. The largest absolute Gasteiger partial charge is 0.343 e. The van der Waals surface area contributed by atoms with Crippen molar-refractivity contribution in [1.82, 2.24) is 15.5 Å². The minimum atomic E-state index is 0.437. The lowest BCUT2D eigenvalue weighted by Gasteiger charge is -2.25. The first-order valence-electron chi connectivity index (χ1n) is 6.07. The Morgan fingerprint density at radius 2 is 2.33 bits per heavy atom. The Labute approximate surface area is 110 Å². The van der Waals surface area contributed by atoms with Crippen LogP contribution in [0.15, 0.2) is 35.2 Å². The van der Waals surface area contributed by atoms with Crippen molar-refractivity contribution in [2.75, 3.05) is 12.3 Å². The quantitative estimate of drug-likeness (QED) is 0.914. The second-order valence-electron chi connectivity index (χ2n) is 4.32. The van der Waals surface area contributed by atoms with Crippen LogP contribution < -0.4 is 5.32 Å². The number of thioether (sulfide) groups is 1. The molecule has 2 heterocycles. The summed E-state index contributed by atoms with van der Waals surface area (Å²) in [6.07, 6.45) is 2.18. The third-order valence-electron chi connectivity index (χ3n) is 3.12. The Balaban J connectivity index is 1.60. The topological polar surface area (TPSA) is 51.0 Å². The van der Waals surface area contributed by atoms with E-state index in [2.05, 4.69) is 39.7 Å². The summed E-state index contributed by atoms with van der Waals surface area (Å²) in [5, 5.41) is 7.39. The maximum absolute atomic E-state index is 4.72. The SMILES string of the molecule is c1ccc2c(c1)CSCC2NCCc1ncon1. The maximum Gasteiger partial charge on any atom is 0.213 e. The minimum absolute atomic E-state index is 0.437. The summed E-state index contributed by atoms with van der Waals surface area (Å²) in [5.74, 6) is 3.02. The van der Waals surface area contributed by atoms with E-state index in [1.54, 1.807) is 0 Å². The zero-order valence-electron chi connectivity index (χ0n) is 10.0. The van der Waals surface area contributed by atoms with E-state index in [9.17, 15) is 0 Å². The van der Waals surface area contributed by atoms with Crippen LogP contribution in [0.2, 0.25) is 0 Å². The second kappa shape index (κ2) is 5.54. The summed E-state index contributed by atoms with van der Waals surface area (Å²) in [6.45, 7) is 0.874. The zero-order valence-corrected chi connectivity index (χ0v) is 10.8. The first kappa shape index (κ1) is 11.7. The number of rotatable bonds is 4. The highest BCUT2D eigenvalue weighted by molar-refractivity contribution is 7.98. The monoisotopic (exact) mass is 261 g/mol. The molecule has 0 saturated carbocycles. The van der Waals surface area contributed by atoms with Crippen LogP contribution in [-0.4, -0.2) is 22.4 Å². The first-order chi connectivity index (χ1) is 8.93. The number of nitrogens with one attached hydrogen (secondary N) is 1. The summed E-state index contributed by atoms with van der Waals surface area (Å²) in [4.78, 5) is 4.02. The molecule has 3 rings (SSSR count). The van der Waals surface area contributed by atoms with E-state index in [1.807, 2.05) is 11.8 Å². The normalized spacial score (nSPS) is 18.6. The van der Waals surface area contributed by atoms with Gasteiger partial charge in [0.05, 0.1) is 0 Å². The predicted octanol–water partition coefficient (Wildman–Crippen LogP) is 2.19. The molecule has 5 heteroatoms. The Morgan fingerprint density at radius 1 is 1.39 bits per heavy atom. The first-order valence-corrected chi connectivity index (χ1v) is 7.23. The maximum atomic E-state index is 4.72. The highest BCUT2D eigenvalue weighted by atomic mass is 32.2. The van der Waals surface area contributed by atoms with Gasteiger partial charge in [-0.3, -0.25) is 0 Å². The highest BCUT2D eigenvalue weighted by Crippen LogP contribution is 2.31. The third kappa shape index (κ3) is 2.57. The third-order valence-corrected chi connectivity index (χ3v) is 4.20. The van der Waals surface area contributed by atoms with Gasteiger partial charge in [0.25, 0.3) is 0 Å². The van der Waals surface area contributed by atoms with Crippen LogP contribution in [0.25, 0.3) is 0 Å². The molecule has 1 aromatic carbocycles. The van der Waals surface area contributed by atoms with Gasteiger partial charge >= 0.3 is 0 Å². The van der Waals surface area contributed by atoms with Crippen LogP contribution in [0.4, 0.5) is 0 Å². The van der Waals surface area contributed by atoms with Crippen molar-refractivity contribution < 1.29 is 4.52 Å². The molecule has 2 aromatic rings. The lowest BCUT2D eigenvalue weighted by molar-refractivity contribution is 0.408. The lowest BCUT2D eigenvalue weighted by Crippen LogP contribution is -2.28. The highest BCUT2D eigenvalue weighted by Gasteiger charge is 2.19. The second-order valence-corrected chi connectivity index (χ2v) is 5.35. The van der Waals surface area contributed by atoms with Crippen LogP contribution in [0.5, 0.6) is 0 Å². The van der Waals surface area contributed by atoms with E-state index in [-0.39, 0.29) is 0 Å². The number of hydrogen-bond donors (Lipinski definition) is 1. The molecule has 0 amide bonds. The molecule has 1 aromatic heterocycles. The molecule has 0 aliphatic carbocycles. The summed E-state index contributed by atoms with van der Waals surface area (Å²) in [6, 6.07) is 9.10. The van der Waals surface area contributed by atoms with E-state index in [4.69, 9.17) is 4.52 Å². The van der Waals surface area contributed by atoms with Crippen LogP contribution in [-0.2, 0) is 12.2 Å². The fraction of sp³-hybridized carbons (Fsp3) is 0.385. The van der Waals surface area contributed by atoms with Crippen molar-refractivity contribution in [2.24, 2.45) is 0 Å². The number of aromatic nitrogens is 2. The molecule has 4 nitrogen and oxygen atoms in total. The van der Waals surface area contributed by atoms with Gasteiger partial charge in [0.2, 0.25) is 6.39 Å². The van der Waals surface area contributed by atoms with Crippen LogP contribution >= 0.6 is 11.8 Å². The Kier molecular flexibility index (Phi) is 3.61. The molecular weight excluding hydrogens is 246 g/mol. The van der Waals surface area contributed by atoms with Gasteiger partial charge < -0.3 is 9.84 Å². The van der Waals surface area contributed by atoms with E-state index in [0.717, 1.165) is 30.3 Å². The van der Waals surface area contributed by atoms with Crippen LogP contribution in [0.1, 0.15) is 23.0 Å². The van der Waals surface area contributed by atoms with E-state index in [1.165, 1.54) is 17.5 Å². The molecule has 0 radical (unpaired) electrons. The Hall–Kier alpha value is -1.33.